The van der Waals surface area contributed by atoms with E-state index in [2.05, 4.69) is 10.3 Å². The van der Waals surface area contributed by atoms with Crippen molar-refractivity contribution in [2.24, 2.45) is 0 Å². The molecule has 0 bridgehead atoms. The van der Waals surface area contributed by atoms with E-state index in [0.717, 1.165) is 11.3 Å². The first-order valence-corrected chi connectivity index (χ1v) is 9.17. The minimum absolute atomic E-state index is 0.0690. The highest BCUT2D eigenvalue weighted by atomic mass is 16.5. The van der Waals surface area contributed by atoms with Crippen LogP contribution in [0.1, 0.15) is 35.8 Å². The van der Waals surface area contributed by atoms with Crippen molar-refractivity contribution in [3.05, 3.63) is 72.3 Å². The maximum absolute atomic E-state index is 12.3. The van der Waals surface area contributed by atoms with Crippen LogP contribution in [0.3, 0.4) is 0 Å². The number of amides is 1. The Morgan fingerprint density at radius 3 is 2.52 bits per heavy atom. The fraction of sp³-hybridized carbons (Fsp3) is 0.227. The van der Waals surface area contributed by atoms with Gasteiger partial charge in [-0.2, -0.15) is 0 Å². The summed E-state index contributed by atoms with van der Waals surface area (Å²) in [5.74, 6) is 0.494. The van der Waals surface area contributed by atoms with Gasteiger partial charge in [-0.05, 0) is 49.7 Å². The molecule has 0 saturated carbocycles. The highest BCUT2D eigenvalue weighted by Gasteiger charge is 2.13. The molecule has 29 heavy (non-hydrogen) atoms. The monoisotopic (exact) mass is 393 g/mol. The number of imidazole rings is 1. The van der Waals surface area contributed by atoms with E-state index in [1.165, 1.54) is 14.0 Å². The fourth-order valence-electron chi connectivity index (χ4n) is 2.86. The van der Waals surface area contributed by atoms with Crippen LogP contribution in [0.4, 0.5) is 0 Å². The van der Waals surface area contributed by atoms with Gasteiger partial charge < -0.3 is 19.4 Å². The van der Waals surface area contributed by atoms with Crippen LogP contribution >= 0.6 is 0 Å². The summed E-state index contributed by atoms with van der Waals surface area (Å²) in [6.45, 7) is 3.23. The lowest BCUT2D eigenvalue weighted by Crippen LogP contribution is -2.31. The van der Waals surface area contributed by atoms with E-state index in [1.54, 1.807) is 30.7 Å². The zero-order chi connectivity index (χ0) is 20.8. The molecule has 3 aromatic rings. The third-order valence-corrected chi connectivity index (χ3v) is 4.50. The lowest BCUT2D eigenvalue weighted by Gasteiger charge is -2.16. The summed E-state index contributed by atoms with van der Waals surface area (Å²) in [6, 6.07) is 12.6. The molecule has 0 aliphatic heterocycles. The van der Waals surface area contributed by atoms with Crippen LogP contribution in [-0.4, -0.2) is 35.0 Å². The molecule has 150 valence electrons. The van der Waals surface area contributed by atoms with E-state index in [9.17, 15) is 9.59 Å². The molecule has 1 heterocycles. The SMILES string of the molecule is COc1cc(C(C)=O)ccc1OCC(=O)N[C@H](C)c1ccc(-n2ccnc2)cc1. The van der Waals surface area contributed by atoms with Crippen molar-refractivity contribution in [2.75, 3.05) is 13.7 Å². The Morgan fingerprint density at radius 1 is 1.14 bits per heavy atom. The molecule has 0 aliphatic rings. The Bertz CT molecular complexity index is 982. The number of carbonyl (C=O) groups is 2. The van der Waals surface area contributed by atoms with Crippen molar-refractivity contribution >= 4 is 11.7 Å². The maximum Gasteiger partial charge on any atom is 0.258 e. The molecule has 0 spiro atoms. The lowest BCUT2D eigenvalue weighted by molar-refractivity contribution is -0.123. The molecule has 1 atom stereocenters. The number of aromatic nitrogens is 2. The quantitative estimate of drug-likeness (QED) is 0.594. The zero-order valence-corrected chi connectivity index (χ0v) is 16.6. The summed E-state index contributed by atoms with van der Waals surface area (Å²) in [5.41, 5.74) is 2.49. The number of nitrogens with zero attached hydrogens (tertiary/aromatic N) is 2. The third kappa shape index (κ3) is 5.01. The highest BCUT2D eigenvalue weighted by Crippen LogP contribution is 2.28. The van der Waals surface area contributed by atoms with Gasteiger partial charge in [-0.3, -0.25) is 9.59 Å². The van der Waals surface area contributed by atoms with E-state index in [1.807, 2.05) is 42.0 Å². The predicted molar refractivity (Wildman–Crippen MR) is 109 cm³/mol. The zero-order valence-electron chi connectivity index (χ0n) is 16.6. The predicted octanol–water partition coefficient (Wildman–Crippen LogP) is 3.34. The van der Waals surface area contributed by atoms with Gasteiger partial charge in [0.1, 0.15) is 0 Å². The van der Waals surface area contributed by atoms with Gasteiger partial charge in [-0.1, -0.05) is 12.1 Å². The number of hydrogen-bond acceptors (Lipinski definition) is 5. The van der Waals surface area contributed by atoms with Gasteiger partial charge in [-0.15, -0.1) is 0 Å². The van der Waals surface area contributed by atoms with Crippen molar-refractivity contribution in [1.29, 1.82) is 0 Å². The Hall–Kier alpha value is -3.61. The molecule has 2 aromatic carbocycles. The Labute approximate surface area is 169 Å². The molecule has 3 rings (SSSR count). The van der Waals surface area contributed by atoms with E-state index in [0.29, 0.717) is 17.1 Å². The van der Waals surface area contributed by atoms with Crippen molar-refractivity contribution in [1.82, 2.24) is 14.9 Å². The number of ketones is 1. The topological polar surface area (TPSA) is 82.5 Å². The Kier molecular flexibility index (Phi) is 6.29. The lowest BCUT2D eigenvalue weighted by atomic mass is 10.1. The molecule has 1 aromatic heterocycles. The number of Topliss-reactive ketones (excluding diaryl/α,β-unsaturated/α-hetero) is 1. The summed E-state index contributed by atoms with van der Waals surface area (Å²) in [7, 11) is 1.49. The second-order valence-electron chi connectivity index (χ2n) is 6.56. The molecule has 0 unspecified atom stereocenters. The van der Waals surface area contributed by atoms with Crippen LogP contribution < -0.4 is 14.8 Å². The van der Waals surface area contributed by atoms with Gasteiger partial charge in [-0.25, -0.2) is 4.98 Å². The normalized spacial score (nSPS) is 11.6. The van der Waals surface area contributed by atoms with E-state index in [4.69, 9.17) is 9.47 Å². The largest absolute Gasteiger partial charge is 0.493 e. The summed E-state index contributed by atoms with van der Waals surface area (Å²) < 4.78 is 12.7. The molecule has 1 amide bonds. The number of benzene rings is 2. The summed E-state index contributed by atoms with van der Waals surface area (Å²) in [6.07, 6.45) is 5.32. The number of hydrogen-bond donors (Lipinski definition) is 1. The van der Waals surface area contributed by atoms with E-state index >= 15 is 0 Å². The van der Waals surface area contributed by atoms with Crippen LogP contribution in [0.15, 0.2) is 61.2 Å². The summed E-state index contributed by atoms with van der Waals surface area (Å²) in [5, 5.41) is 2.91. The van der Waals surface area contributed by atoms with E-state index < -0.39 is 0 Å². The van der Waals surface area contributed by atoms with Crippen LogP contribution in [-0.2, 0) is 4.79 Å². The molecule has 0 saturated heterocycles. The summed E-state index contributed by atoms with van der Waals surface area (Å²) in [4.78, 5) is 27.8. The van der Waals surface area contributed by atoms with Crippen molar-refractivity contribution < 1.29 is 19.1 Å². The first-order valence-electron chi connectivity index (χ1n) is 9.17. The average Bonchev–Trinajstić information content (AvgIpc) is 3.27. The number of methoxy groups -OCH3 is 1. The molecule has 0 radical (unpaired) electrons. The second kappa shape index (κ2) is 9.05. The molecular formula is C22H23N3O4. The number of nitrogens with one attached hydrogen (secondary N) is 1. The van der Waals surface area contributed by atoms with E-state index in [-0.39, 0.29) is 24.3 Å². The standard InChI is InChI=1S/C22H23N3O4/c1-15(17-4-7-19(8-5-17)25-11-10-23-14-25)24-22(27)13-29-20-9-6-18(16(2)26)12-21(20)28-3/h4-12,14-15H,13H2,1-3H3,(H,24,27)/t15-/m1/s1. The average molecular weight is 393 g/mol. The highest BCUT2D eigenvalue weighted by molar-refractivity contribution is 5.94. The molecule has 0 fully saturated rings. The van der Waals surface area contributed by atoms with Crippen LogP contribution in [0, 0.1) is 0 Å². The fourth-order valence-corrected chi connectivity index (χ4v) is 2.86. The molecule has 7 heteroatoms. The number of ether oxygens (including phenoxy) is 2. The minimum Gasteiger partial charge on any atom is -0.493 e. The van der Waals surface area contributed by atoms with Crippen LogP contribution in [0.5, 0.6) is 11.5 Å². The van der Waals surface area contributed by atoms with Gasteiger partial charge in [0.25, 0.3) is 5.91 Å². The summed E-state index contributed by atoms with van der Waals surface area (Å²) >= 11 is 0. The second-order valence-corrected chi connectivity index (χ2v) is 6.56. The van der Waals surface area contributed by atoms with Crippen molar-refractivity contribution in [2.45, 2.75) is 19.9 Å². The smallest absolute Gasteiger partial charge is 0.258 e. The molecule has 0 aliphatic carbocycles. The molecule has 1 N–H and O–H groups in total. The van der Waals surface area contributed by atoms with Crippen LogP contribution in [0.2, 0.25) is 0 Å². The van der Waals surface area contributed by atoms with Gasteiger partial charge >= 0.3 is 0 Å². The third-order valence-electron chi connectivity index (χ3n) is 4.50. The van der Waals surface area contributed by atoms with Gasteiger partial charge in [0, 0.05) is 23.6 Å². The van der Waals surface area contributed by atoms with Crippen molar-refractivity contribution in [3.8, 4) is 17.2 Å². The Morgan fingerprint density at radius 2 is 1.90 bits per heavy atom. The molecule has 7 nitrogen and oxygen atoms in total. The minimum atomic E-state index is -0.256. The maximum atomic E-state index is 12.3. The van der Waals surface area contributed by atoms with Crippen LogP contribution in [0.25, 0.3) is 5.69 Å². The number of carbonyl (C=O) groups excluding carboxylic acids is 2. The van der Waals surface area contributed by atoms with Gasteiger partial charge in [0.2, 0.25) is 0 Å². The first-order chi connectivity index (χ1) is 14.0. The first kappa shape index (κ1) is 20.1. The number of rotatable bonds is 8. The van der Waals surface area contributed by atoms with Crippen molar-refractivity contribution in [3.63, 3.8) is 0 Å². The van der Waals surface area contributed by atoms with Gasteiger partial charge in [0.15, 0.2) is 23.9 Å². The Balaban J connectivity index is 1.57. The van der Waals surface area contributed by atoms with Gasteiger partial charge in [0.05, 0.1) is 19.5 Å². The molecular weight excluding hydrogens is 370 g/mol.